The molecule has 1 aliphatic heterocycles. The van der Waals surface area contributed by atoms with Crippen molar-refractivity contribution in [2.75, 3.05) is 18.4 Å². The smallest absolute Gasteiger partial charge is 0.360 e. The minimum Gasteiger partial charge on any atom is -0.421 e. The van der Waals surface area contributed by atoms with E-state index in [-0.39, 0.29) is 17.5 Å². The summed E-state index contributed by atoms with van der Waals surface area (Å²) in [5, 5.41) is 3.56. The Hall–Kier alpha value is -3.45. The van der Waals surface area contributed by atoms with E-state index < -0.39 is 5.63 Å². The van der Waals surface area contributed by atoms with Crippen LogP contribution in [0.2, 0.25) is 0 Å². The van der Waals surface area contributed by atoms with Gasteiger partial charge in [0.2, 0.25) is 5.91 Å². The largest absolute Gasteiger partial charge is 0.421 e. The van der Waals surface area contributed by atoms with Crippen molar-refractivity contribution in [3.05, 3.63) is 70.8 Å². The Bertz CT molecular complexity index is 1240. The summed E-state index contributed by atoms with van der Waals surface area (Å²) < 4.78 is 5.30. The van der Waals surface area contributed by atoms with Crippen molar-refractivity contribution in [1.82, 2.24) is 14.9 Å². The van der Waals surface area contributed by atoms with Crippen molar-refractivity contribution >= 4 is 33.6 Å². The number of imidazole rings is 1. The quantitative estimate of drug-likeness (QED) is 0.510. The molecule has 30 heavy (non-hydrogen) atoms. The topological polar surface area (TPSA) is 91.2 Å². The number of piperidine rings is 1. The van der Waals surface area contributed by atoms with Crippen LogP contribution >= 0.6 is 0 Å². The first kappa shape index (κ1) is 18.6. The molecule has 152 valence electrons. The molecule has 7 nitrogen and oxygen atoms in total. The zero-order valence-electron chi connectivity index (χ0n) is 16.4. The second-order valence-corrected chi connectivity index (χ2v) is 7.73. The Balaban J connectivity index is 1.20. The zero-order valence-corrected chi connectivity index (χ0v) is 16.4. The number of hydrogen-bond donors (Lipinski definition) is 2. The lowest BCUT2D eigenvalue weighted by Crippen LogP contribution is -2.38. The lowest BCUT2D eigenvalue weighted by molar-refractivity contribution is -0.121. The van der Waals surface area contributed by atoms with Gasteiger partial charge < -0.3 is 14.7 Å². The number of nitrogens with one attached hydrogen (secondary N) is 2. The second kappa shape index (κ2) is 7.76. The van der Waals surface area contributed by atoms with Crippen LogP contribution in [0.5, 0.6) is 0 Å². The van der Waals surface area contributed by atoms with Crippen LogP contribution in [0.4, 0.5) is 5.69 Å². The van der Waals surface area contributed by atoms with Crippen LogP contribution in [0, 0.1) is 5.92 Å². The van der Waals surface area contributed by atoms with Gasteiger partial charge in [-0.3, -0.25) is 9.69 Å². The summed E-state index contributed by atoms with van der Waals surface area (Å²) >= 11 is 0. The number of aromatic amines is 1. The van der Waals surface area contributed by atoms with Gasteiger partial charge in [-0.25, -0.2) is 9.78 Å². The van der Waals surface area contributed by atoms with Crippen LogP contribution in [0.25, 0.3) is 22.0 Å². The molecule has 0 atom stereocenters. The summed E-state index contributed by atoms with van der Waals surface area (Å²) in [6.45, 7) is 2.35. The zero-order chi connectivity index (χ0) is 20.5. The molecule has 3 heterocycles. The van der Waals surface area contributed by atoms with Gasteiger partial charge in [0.25, 0.3) is 0 Å². The summed E-state index contributed by atoms with van der Waals surface area (Å²) in [5.41, 5.74) is 2.19. The first-order valence-corrected chi connectivity index (χ1v) is 10.2. The minimum atomic E-state index is -0.524. The Morgan fingerprint density at radius 3 is 2.73 bits per heavy atom. The van der Waals surface area contributed by atoms with Crippen molar-refractivity contribution in [3.63, 3.8) is 0 Å². The molecule has 0 bridgehead atoms. The fourth-order valence-corrected chi connectivity index (χ4v) is 4.03. The van der Waals surface area contributed by atoms with Gasteiger partial charge in [0.1, 0.15) is 17.1 Å². The molecule has 0 radical (unpaired) electrons. The number of likely N-dealkylation sites (tertiary alicyclic amines) is 1. The predicted molar refractivity (Wildman–Crippen MR) is 115 cm³/mol. The molecule has 4 aromatic rings. The molecule has 2 N–H and O–H groups in total. The number of H-pyrrole nitrogens is 1. The number of aromatic nitrogens is 2. The van der Waals surface area contributed by atoms with E-state index in [2.05, 4.69) is 20.2 Å². The summed E-state index contributed by atoms with van der Waals surface area (Å²) in [4.78, 5) is 35.2. The second-order valence-electron chi connectivity index (χ2n) is 7.73. The van der Waals surface area contributed by atoms with Crippen LogP contribution in [-0.2, 0) is 11.3 Å². The highest BCUT2D eigenvalue weighted by Crippen LogP contribution is 2.22. The summed E-state index contributed by atoms with van der Waals surface area (Å²) in [5.74, 6) is 0.691. The third-order valence-corrected chi connectivity index (χ3v) is 5.67. The maximum absolute atomic E-state index is 12.7. The maximum atomic E-state index is 12.7. The molecular weight excluding hydrogens is 380 g/mol. The SMILES string of the molecule is O=C(Nc1cc2ccccc2oc1=O)C1CCN(Cc2nc3ccccc3[nH]2)CC1. The molecule has 0 aliphatic carbocycles. The van der Waals surface area contributed by atoms with Crippen molar-refractivity contribution in [2.24, 2.45) is 5.92 Å². The first-order chi connectivity index (χ1) is 14.7. The number of benzene rings is 2. The standard InChI is InChI=1S/C23H22N4O3/c28-22(26-19-13-16-5-1-4-8-20(16)30-23(19)29)15-9-11-27(12-10-15)14-21-24-17-6-2-3-7-18(17)25-21/h1-8,13,15H,9-12,14H2,(H,24,25)(H,26,28). The fraction of sp³-hybridized carbons (Fsp3) is 0.261. The third-order valence-electron chi connectivity index (χ3n) is 5.67. The van der Waals surface area contributed by atoms with Crippen molar-refractivity contribution in [2.45, 2.75) is 19.4 Å². The van der Waals surface area contributed by atoms with E-state index in [1.165, 1.54) is 0 Å². The summed E-state index contributed by atoms with van der Waals surface area (Å²) in [6, 6.07) is 16.9. The summed E-state index contributed by atoms with van der Waals surface area (Å²) in [7, 11) is 0. The van der Waals surface area contributed by atoms with Crippen molar-refractivity contribution in [3.8, 4) is 0 Å². The molecule has 1 amide bonds. The number of carbonyl (C=O) groups is 1. The van der Waals surface area contributed by atoms with Crippen molar-refractivity contribution in [1.29, 1.82) is 0 Å². The average molecular weight is 402 g/mol. The minimum absolute atomic E-state index is 0.122. The van der Waals surface area contributed by atoms with Gasteiger partial charge in [0.15, 0.2) is 0 Å². The van der Waals surface area contributed by atoms with Gasteiger partial charge in [-0.05, 0) is 50.2 Å². The Kier molecular flexibility index (Phi) is 4.80. The Morgan fingerprint density at radius 1 is 1.13 bits per heavy atom. The molecular formula is C23H22N4O3. The van der Waals surface area contributed by atoms with Crippen LogP contribution in [0.1, 0.15) is 18.7 Å². The van der Waals surface area contributed by atoms with Crippen LogP contribution in [0.3, 0.4) is 0 Å². The van der Waals surface area contributed by atoms with Gasteiger partial charge in [-0.2, -0.15) is 0 Å². The van der Waals surface area contributed by atoms with Gasteiger partial charge in [-0.15, -0.1) is 0 Å². The molecule has 7 heteroatoms. The number of para-hydroxylation sites is 3. The molecule has 0 unspecified atom stereocenters. The lowest BCUT2D eigenvalue weighted by Gasteiger charge is -2.30. The van der Waals surface area contributed by atoms with E-state index in [9.17, 15) is 9.59 Å². The van der Waals surface area contributed by atoms with E-state index in [0.29, 0.717) is 5.58 Å². The third kappa shape index (κ3) is 3.71. The maximum Gasteiger partial charge on any atom is 0.360 e. The molecule has 1 fully saturated rings. The van der Waals surface area contributed by atoms with Gasteiger partial charge in [0.05, 0.1) is 17.6 Å². The molecule has 5 rings (SSSR count). The Labute approximate surface area is 172 Å². The van der Waals surface area contributed by atoms with Gasteiger partial charge in [-0.1, -0.05) is 30.3 Å². The molecule has 0 saturated carbocycles. The number of hydrogen-bond acceptors (Lipinski definition) is 5. The van der Waals surface area contributed by atoms with Crippen molar-refractivity contribution < 1.29 is 9.21 Å². The summed E-state index contributed by atoms with van der Waals surface area (Å²) in [6.07, 6.45) is 1.48. The highest BCUT2D eigenvalue weighted by Gasteiger charge is 2.26. The van der Waals surface area contributed by atoms with Crippen LogP contribution < -0.4 is 10.9 Å². The number of carbonyl (C=O) groups excluding carboxylic acids is 1. The van der Waals surface area contributed by atoms with E-state index in [0.717, 1.165) is 54.7 Å². The van der Waals surface area contributed by atoms with E-state index in [1.807, 2.05) is 42.5 Å². The van der Waals surface area contributed by atoms with E-state index in [4.69, 9.17) is 4.42 Å². The van der Waals surface area contributed by atoms with Crippen LogP contribution in [-0.4, -0.2) is 33.9 Å². The van der Waals surface area contributed by atoms with Gasteiger partial charge >= 0.3 is 5.63 Å². The predicted octanol–water partition coefficient (Wildman–Crippen LogP) is 3.52. The number of nitrogens with zero attached hydrogens (tertiary/aromatic N) is 2. The number of fused-ring (bicyclic) bond motifs is 2. The normalized spacial score (nSPS) is 15.6. The molecule has 0 spiro atoms. The fourth-order valence-electron chi connectivity index (χ4n) is 4.03. The monoisotopic (exact) mass is 402 g/mol. The first-order valence-electron chi connectivity index (χ1n) is 10.2. The number of anilines is 1. The molecule has 2 aromatic heterocycles. The molecule has 2 aromatic carbocycles. The van der Waals surface area contributed by atoms with Gasteiger partial charge in [0, 0.05) is 11.3 Å². The highest BCUT2D eigenvalue weighted by molar-refractivity contribution is 5.94. The molecule has 1 saturated heterocycles. The van der Waals surface area contributed by atoms with Crippen LogP contribution in [0.15, 0.2) is 63.8 Å². The Morgan fingerprint density at radius 2 is 1.90 bits per heavy atom. The average Bonchev–Trinajstić information content (AvgIpc) is 3.17. The highest BCUT2D eigenvalue weighted by atomic mass is 16.4. The number of rotatable bonds is 4. The number of amides is 1. The van der Waals surface area contributed by atoms with E-state index >= 15 is 0 Å². The molecule has 1 aliphatic rings. The van der Waals surface area contributed by atoms with E-state index in [1.54, 1.807) is 12.1 Å². The lowest BCUT2D eigenvalue weighted by atomic mass is 9.96.